The van der Waals surface area contributed by atoms with E-state index in [1.54, 1.807) is 12.3 Å². The SMILES string of the molecule is O=C(NCC(c1ccco1)N1CCCCC1)c1cc(F)ccc1F. The maximum Gasteiger partial charge on any atom is 0.254 e. The molecule has 1 unspecified atom stereocenters. The molecular weight excluding hydrogens is 314 g/mol. The molecule has 1 aromatic heterocycles. The Morgan fingerprint density at radius 1 is 1.21 bits per heavy atom. The number of amides is 1. The Labute approximate surface area is 139 Å². The first-order valence-electron chi connectivity index (χ1n) is 8.16. The van der Waals surface area contributed by atoms with Crippen molar-refractivity contribution in [1.29, 1.82) is 0 Å². The number of halogens is 2. The predicted octanol–water partition coefficient (Wildman–Crippen LogP) is 3.51. The molecule has 1 N–H and O–H groups in total. The number of benzene rings is 1. The summed E-state index contributed by atoms with van der Waals surface area (Å²) in [6.07, 6.45) is 5.00. The maximum absolute atomic E-state index is 13.7. The molecule has 0 radical (unpaired) electrons. The van der Waals surface area contributed by atoms with Gasteiger partial charge in [0.2, 0.25) is 0 Å². The summed E-state index contributed by atoms with van der Waals surface area (Å²) >= 11 is 0. The topological polar surface area (TPSA) is 45.5 Å². The highest BCUT2D eigenvalue weighted by molar-refractivity contribution is 5.94. The van der Waals surface area contributed by atoms with Crippen molar-refractivity contribution in [2.45, 2.75) is 25.3 Å². The van der Waals surface area contributed by atoms with Gasteiger partial charge in [-0.1, -0.05) is 6.42 Å². The minimum absolute atomic E-state index is 0.110. The molecule has 2 heterocycles. The lowest BCUT2D eigenvalue weighted by Gasteiger charge is -2.33. The van der Waals surface area contributed by atoms with Crippen LogP contribution in [0.15, 0.2) is 41.0 Å². The summed E-state index contributed by atoms with van der Waals surface area (Å²) in [5.41, 5.74) is -0.285. The van der Waals surface area contributed by atoms with Crippen molar-refractivity contribution in [2.75, 3.05) is 19.6 Å². The van der Waals surface area contributed by atoms with Crippen molar-refractivity contribution in [1.82, 2.24) is 10.2 Å². The Morgan fingerprint density at radius 3 is 2.71 bits per heavy atom. The van der Waals surface area contributed by atoms with Gasteiger partial charge in [0.1, 0.15) is 17.4 Å². The lowest BCUT2D eigenvalue weighted by Crippen LogP contribution is -2.40. The van der Waals surface area contributed by atoms with Gasteiger partial charge in [-0.3, -0.25) is 9.69 Å². The van der Waals surface area contributed by atoms with Gasteiger partial charge in [0.15, 0.2) is 0 Å². The predicted molar refractivity (Wildman–Crippen MR) is 85.6 cm³/mol. The maximum atomic E-state index is 13.7. The number of carbonyl (C=O) groups is 1. The van der Waals surface area contributed by atoms with Crippen LogP contribution in [0.2, 0.25) is 0 Å². The van der Waals surface area contributed by atoms with E-state index in [2.05, 4.69) is 10.2 Å². The fraction of sp³-hybridized carbons (Fsp3) is 0.389. The van der Waals surface area contributed by atoms with Gasteiger partial charge in [-0.15, -0.1) is 0 Å². The summed E-state index contributed by atoms with van der Waals surface area (Å²) in [5, 5.41) is 2.71. The van der Waals surface area contributed by atoms with E-state index in [1.165, 1.54) is 6.42 Å². The average Bonchev–Trinajstić information content (AvgIpc) is 3.12. The Bertz CT molecular complexity index is 682. The third-order valence-corrected chi connectivity index (χ3v) is 4.33. The fourth-order valence-corrected chi connectivity index (χ4v) is 3.08. The molecule has 1 aliphatic rings. The van der Waals surface area contributed by atoms with Crippen LogP contribution in [0.4, 0.5) is 8.78 Å². The smallest absolute Gasteiger partial charge is 0.254 e. The summed E-state index contributed by atoms with van der Waals surface area (Å²) in [7, 11) is 0. The molecule has 0 aliphatic carbocycles. The van der Waals surface area contributed by atoms with Crippen LogP contribution in [0.5, 0.6) is 0 Å². The van der Waals surface area contributed by atoms with Crippen molar-refractivity contribution < 1.29 is 18.0 Å². The van der Waals surface area contributed by atoms with Crippen molar-refractivity contribution >= 4 is 5.91 Å². The van der Waals surface area contributed by atoms with Gasteiger partial charge in [-0.25, -0.2) is 8.78 Å². The van der Waals surface area contributed by atoms with Gasteiger partial charge in [-0.05, 0) is 56.3 Å². The minimum atomic E-state index is -0.735. The highest BCUT2D eigenvalue weighted by Crippen LogP contribution is 2.24. The second kappa shape index (κ2) is 7.57. The quantitative estimate of drug-likeness (QED) is 0.910. The number of piperidine rings is 1. The molecule has 1 fully saturated rings. The third kappa shape index (κ3) is 3.82. The van der Waals surface area contributed by atoms with Crippen molar-refractivity contribution in [3.63, 3.8) is 0 Å². The first-order valence-corrected chi connectivity index (χ1v) is 8.16. The van der Waals surface area contributed by atoms with Gasteiger partial charge in [0.25, 0.3) is 5.91 Å². The lowest BCUT2D eigenvalue weighted by molar-refractivity contribution is 0.0909. The minimum Gasteiger partial charge on any atom is -0.468 e. The highest BCUT2D eigenvalue weighted by atomic mass is 19.1. The number of nitrogens with zero attached hydrogens (tertiary/aromatic N) is 1. The third-order valence-electron chi connectivity index (χ3n) is 4.33. The van der Waals surface area contributed by atoms with Crippen molar-refractivity contribution in [3.05, 3.63) is 59.6 Å². The summed E-state index contributed by atoms with van der Waals surface area (Å²) in [6, 6.07) is 6.42. The van der Waals surface area contributed by atoms with Crippen LogP contribution < -0.4 is 5.32 Å². The second-order valence-electron chi connectivity index (χ2n) is 5.96. The van der Waals surface area contributed by atoms with E-state index < -0.39 is 17.5 Å². The van der Waals surface area contributed by atoms with Crippen LogP contribution in [-0.4, -0.2) is 30.4 Å². The molecule has 6 heteroatoms. The van der Waals surface area contributed by atoms with Crippen molar-refractivity contribution in [2.24, 2.45) is 0 Å². The monoisotopic (exact) mass is 334 g/mol. The van der Waals surface area contributed by atoms with Gasteiger partial charge >= 0.3 is 0 Å². The van der Waals surface area contributed by atoms with Gasteiger partial charge < -0.3 is 9.73 Å². The molecule has 1 aliphatic heterocycles. The van der Waals surface area contributed by atoms with E-state index in [1.807, 2.05) is 6.07 Å². The zero-order valence-electron chi connectivity index (χ0n) is 13.3. The molecule has 0 saturated carbocycles. The molecule has 1 atom stereocenters. The van der Waals surface area contributed by atoms with Crippen LogP contribution in [0.3, 0.4) is 0 Å². The molecule has 24 heavy (non-hydrogen) atoms. The standard InChI is InChI=1S/C18H20F2N2O2/c19-13-6-7-15(20)14(11-13)18(23)21-12-16(17-5-4-10-24-17)22-8-2-1-3-9-22/h4-7,10-11,16H,1-3,8-9,12H2,(H,21,23). The lowest BCUT2D eigenvalue weighted by atomic mass is 10.1. The summed E-state index contributed by atoms with van der Waals surface area (Å²) in [4.78, 5) is 14.5. The summed E-state index contributed by atoms with van der Waals surface area (Å²) in [5.74, 6) is -1.24. The normalized spacial score (nSPS) is 16.8. The number of hydrogen-bond acceptors (Lipinski definition) is 3. The van der Waals surface area contributed by atoms with E-state index in [9.17, 15) is 13.6 Å². The summed E-state index contributed by atoms with van der Waals surface area (Å²) < 4.78 is 32.5. The molecule has 1 aromatic carbocycles. The molecule has 0 bridgehead atoms. The molecule has 4 nitrogen and oxygen atoms in total. The molecule has 1 amide bonds. The van der Waals surface area contributed by atoms with E-state index in [-0.39, 0.29) is 18.2 Å². The van der Waals surface area contributed by atoms with E-state index >= 15 is 0 Å². The van der Waals surface area contributed by atoms with Gasteiger partial charge in [0.05, 0.1) is 17.9 Å². The van der Waals surface area contributed by atoms with Crippen LogP contribution >= 0.6 is 0 Å². The number of hydrogen-bond donors (Lipinski definition) is 1. The summed E-state index contributed by atoms with van der Waals surface area (Å²) in [6.45, 7) is 2.13. The number of likely N-dealkylation sites (tertiary alicyclic amines) is 1. The molecule has 1 saturated heterocycles. The van der Waals surface area contributed by atoms with Gasteiger partial charge in [-0.2, -0.15) is 0 Å². The van der Waals surface area contributed by atoms with E-state index in [4.69, 9.17) is 4.42 Å². The Morgan fingerprint density at radius 2 is 2.00 bits per heavy atom. The number of carbonyl (C=O) groups excluding carboxylic acids is 1. The largest absolute Gasteiger partial charge is 0.468 e. The zero-order chi connectivity index (χ0) is 16.9. The first-order chi connectivity index (χ1) is 11.6. The second-order valence-corrected chi connectivity index (χ2v) is 5.96. The first kappa shape index (κ1) is 16.6. The number of rotatable bonds is 5. The van der Waals surface area contributed by atoms with E-state index in [0.29, 0.717) is 0 Å². The number of nitrogens with one attached hydrogen (secondary N) is 1. The molecule has 0 spiro atoms. The Hall–Kier alpha value is -2.21. The van der Waals surface area contributed by atoms with Crippen LogP contribution in [0, 0.1) is 11.6 Å². The molecular formula is C18H20F2N2O2. The molecule has 2 aromatic rings. The Balaban J connectivity index is 1.71. The Kier molecular flexibility index (Phi) is 5.25. The average molecular weight is 334 g/mol. The molecule has 128 valence electrons. The number of furan rings is 1. The van der Waals surface area contributed by atoms with Crippen LogP contribution in [0.25, 0.3) is 0 Å². The van der Waals surface area contributed by atoms with Crippen LogP contribution in [-0.2, 0) is 0 Å². The zero-order valence-corrected chi connectivity index (χ0v) is 13.3. The van der Waals surface area contributed by atoms with Crippen LogP contribution in [0.1, 0.15) is 41.4 Å². The fourth-order valence-electron chi connectivity index (χ4n) is 3.08. The van der Waals surface area contributed by atoms with Crippen molar-refractivity contribution in [3.8, 4) is 0 Å². The highest BCUT2D eigenvalue weighted by Gasteiger charge is 2.25. The molecule has 3 rings (SSSR count). The van der Waals surface area contributed by atoms with Gasteiger partial charge in [0, 0.05) is 6.54 Å². The van der Waals surface area contributed by atoms with E-state index in [0.717, 1.165) is 49.9 Å².